The van der Waals surface area contributed by atoms with Crippen LogP contribution < -0.4 is 10.6 Å². The van der Waals surface area contributed by atoms with Crippen LogP contribution in [-0.2, 0) is 6.54 Å². The number of carbonyl (C=O) groups is 1. The van der Waals surface area contributed by atoms with Crippen LogP contribution in [0.5, 0.6) is 0 Å². The van der Waals surface area contributed by atoms with Gasteiger partial charge >= 0.3 is 0 Å². The molecule has 0 radical (unpaired) electrons. The zero-order valence-corrected chi connectivity index (χ0v) is 10.9. The summed E-state index contributed by atoms with van der Waals surface area (Å²) in [6.45, 7) is 4.56. The molecule has 2 rings (SSSR count). The minimum absolute atomic E-state index is 0.266. The summed E-state index contributed by atoms with van der Waals surface area (Å²) in [6.07, 6.45) is 5.07. The summed E-state index contributed by atoms with van der Waals surface area (Å²) in [7, 11) is 0. The lowest BCUT2D eigenvalue weighted by Gasteiger charge is -2.05. The summed E-state index contributed by atoms with van der Waals surface area (Å²) < 4.78 is 0. The van der Waals surface area contributed by atoms with Crippen LogP contribution in [0.4, 0.5) is 5.82 Å². The molecule has 6 heteroatoms. The minimum atomic E-state index is -0.266. The lowest BCUT2D eigenvalue weighted by atomic mass is 10.3. The van der Waals surface area contributed by atoms with Crippen molar-refractivity contribution in [2.75, 3.05) is 11.9 Å². The monoisotopic (exact) mass is 269 g/mol. The zero-order chi connectivity index (χ0) is 14.2. The maximum atomic E-state index is 11.6. The van der Waals surface area contributed by atoms with Gasteiger partial charge in [0.25, 0.3) is 5.91 Å². The van der Waals surface area contributed by atoms with Gasteiger partial charge in [0.2, 0.25) is 0 Å². The molecule has 0 aliphatic carbocycles. The lowest BCUT2D eigenvalue weighted by molar-refractivity contribution is 0.0952. The number of hydrogen-bond acceptors (Lipinski definition) is 5. The average molecular weight is 269 g/mol. The molecule has 2 N–H and O–H groups in total. The van der Waals surface area contributed by atoms with Crippen molar-refractivity contribution in [2.45, 2.75) is 6.54 Å². The predicted molar refractivity (Wildman–Crippen MR) is 76.1 cm³/mol. The normalized spacial score (nSPS) is 9.80. The molecule has 0 saturated heterocycles. The second-order valence-electron chi connectivity index (χ2n) is 4.01. The van der Waals surface area contributed by atoms with E-state index in [-0.39, 0.29) is 11.6 Å². The van der Waals surface area contributed by atoms with Crippen LogP contribution >= 0.6 is 0 Å². The van der Waals surface area contributed by atoms with Crippen molar-refractivity contribution >= 4 is 11.7 Å². The predicted octanol–water partition coefficient (Wildman–Crippen LogP) is 1.40. The molecule has 2 aromatic heterocycles. The van der Waals surface area contributed by atoms with E-state index >= 15 is 0 Å². The highest BCUT2D eigenvalue weighted by Crippen LogP contribution is 2.05. The maximum absolute atomic E-state index is 11.6. The van der Waals surface area contributed by atoms with Crippen molar-refractivity contribution in [3.05, 3.63) is 60.6 Å². The van der Waals surface area contributed by atoms with E-state index < -0.39 is 0 Å². The molecule has 2 aromatic rings. The molecule has 0 aliphatic heterocycles. The van der Waals surface area contributed by atoms with Gasteiger partial charge in [-0.1, -0.05) is 6.08 Å². The van der Waals surface area contributed by atoms with E-state index in [9.17, 15) is 4.79 Å². The quantitative estimate of drug-likeness (QED) is 0.775. The Morgan fingerprint density at radius 3 is 2.65 bits per heavy atom. The fraction of sp³-hybridized carbons (Fsp3) is 0.143. The smallest absolute Gasteiger partial charge is 0.272 e. The summed E-state index contributed by atoms with van der Waals surface area (Å²) in [5, 5.41) is 13.6. The SMILES string of the molecule is C=CCNC(=O)c1ccc(NCc2ccncc2)nn1. The molecule has 0 spiro atoms. The van der Waals surface area contributed by atoms with E-state index in [1.54, 1.807) is 30.6 Å². The highest BCUT2D eigenvalue weighted by atomic mass is 16.1. The summed E-state index contributed by atoms with van der Waals surface area (Å²) in [5.74, 6) is 0.347. The van der Waals surface area contributed by atoms with Crippen molar-refractivity contribution in [3.8, 4) is 0 Å². The number of carbonyl (C=O) groups excluding carboxylic acids is 1. The van der Waals surface area contributed by atoms with E-state index in [0.717, 1.165) is 5.56 Å². The van der Waals surface area contributed by atoms with Crippen LogP contribution in [0.15, 0.2) is 49.3 Å². The molecule has 2 heterocycles. The second kappa shape index (κ2) is 6.98. The number of nitrogens with zero attached hydrogens (tertiary/aromatic N) is 3. The topological polar surface area (TPSA) is 79.8 Å². The van der Waals surface area contributed by atoms with Gasteiger partial charge in [-0.15, -0.1) is 16.8 Å². The molecule has 0 atom stereocenters. The second-order valence-corrected chi connectivity index (χ2v) is 4.01. The van der Waals surface area contributed by atoms with Crippen molar-refractivity contribution in [1.82, 2.24) is 20.5 Å². The van der Waals surface area contributed by atoms with Crippen molar-refractivity contribution in [2.24, 2.45) is 0 Å². The van der Waals surface area contributed by atoms with Crippen LogP contribution in [0.3, 0.4) is 0 Å². The van der Waals surface area contributed by atoms with Crippen LogP contribution in [-0.4, -0.2) is 27.6 Å². The molecule has 0 fully saturated rings. The zero-order valence-electron chi connectivity index (χ0n) is 10.9. The van der Waals surface area contributed by atoms with Gasteiger partial charge in [0.15, 0.2) is 5.69 Å². The van der Waals surface area contributed by atoms with Crippen LogP contribution in [0.25, 0.3) is 0 Å². The van der Waals surface area contributed by atoms with Gasteiger partial charge < -0.3 is 10.6 Å². The number of amides is 1. The number of anilines is 1. The van der Waals surface area contributed by atoms with E-state index in [2.05, 4.69) is 32.4 Å². The fourth-order valence-electron chi connectivity index (χ4n) is 1.50. The van der Waals surface area contributed by atoms with Gasteiger partial charge in [0.05, 0.1) is 0 Å². The van der Waals surface area contributed by atoms with Crippen LogP contribution in [0.1, 0.15) is 16.1 Å². The molecule has 1 amide bonds. The molecule has 6 nitrogen and oxygen atoms in total. The Balaban J connectivity index is 1.91. The molecule has 0 aromatic carbocycles. The Bertz CT molecular complexity index is 568. The number of aromatic nitrogens is 3. The molecule has 0 unspecified atom stereocenters. The van der Waals surface area contributed by atoms with Crippen molar-refractivity contribution in [3.63, 3.8) is 0 Å². The van der Waals surface area contributed by atoms with E-state index in [1.807, 2.05) is 12.1 Å². The van der Waals surface area contributed by atoms with Gasteiger partial charge in [-0.3, -0.25) is 9.78 Å². The third-order valence-electron chi connectivity index (χ3n) is 2.53. The number of rotatable bonds is 6. The first-order valence-electron chi connectivity index (χ1n) is 6.15. The van der Waals surface area contributed by atoms with E-state index in [0.29, 0.717) is 18.9 Å². The molecular formula is C14H15N5O. The fourth-order valence-corrected chi connectivity index (χ4v) is 1.50. The maximum Gasteiger partial charge on any atom is 0.272 e. The third kappa shape index (κ3) is 3.88. The van der Waals surface area contributed by atoms with E-state index in [4.69, 9.17) is 0 Å². The summed E-state index contributed by atoms with van der Waals surface area (Å²) in [4.78, 5) is 15.6. The van der Waals surface area contributed by atoms with Gasteiger partial charge in [-0.2, -0.15) is 0 Å². The molecule has 0 saturated carbocycles. The largest absolute Gasteiger partial charge is 0.365 e. The van der Waals surface area contributed by atoms with E-state index in [1.165, 1.54) is 0 Å². The first kappa shape index (κ1) is 13.7. The average Bonchev–Trinajstić information content (AvgIpc) is 2.52. The van der Waals surface area contributed by atoms with Gasteiger partial charge in [-0.25, -0.2) is 0 Å². The van der Waals surface area contributed by atoms with Gasteiger partial charge in [-0.05, 0) is 29.8 Å². The van der Waals surface area contributed by atoms with Crippen LogP contribution in [0, 0.1) is 0 Å². The minimum Gasteiger partial charge on any atom is -0.365 e. The molecule has 0 bridgehead atoms. The Morgan fingerprint density at radius 2 is 2.00 bits per heavy atom. The lowest BCUT2D eigenvalue weighted by Crippen LogP contribution is -2.24. The Labute approximate surface area is 117 Å². The van der Waals surface area contributed by atoms with Crippen LogP contribution in [0.2, 0.25) is 0 Å². The Kier molecular flexibility index (Phi) is 4.77. The first-order valence-corrected chi connectivity index (χ1v) is 6.15. The first-order chi connectivity index (χ1) is 9.79. The number of pyridine rings is 1. The Hall–Kier alpha value is -2.76. The highest BCUT2D eigenvalue weighted by Gasteiger charge is 2.06. The highest BCUT2D eigenvalue weighted by molar-refractivity contribution is 5.92. The summed E-state index contributed by atoms with van der Waals surface area (Å²) in [5.41, 5.74) is 1.37. The molecule has 0 aliphatic rings. The number of hydrogen-bond donors (Lipinski definition) is 2. The molecule has 20 heavy (non-hydrogen) atoms. The van der Waals surface area contributed by atoms with Crippen molar-refractivity contribution in [1.29, 1.82) is 0 Å². The third-order valence-corrected chi connectivity index (χ3v) is 2.53. The summed E-state index contributed by atoms with van der Waals surface area (Å²) >= 11 is 0. The Morgan fingerprint density at radius 1 is 1.20 bits per heavy atom. The number of nitrogens with one attached hydrogen (secondary N) is 2. The molecule has 102 valence electrons. The standard InChI is InChI=1S/C14H15N5O/c1-2-7-16-14(20)12-3-4-13(19-18-12)17-10-11-5-8-15-9-6-11/h2-6,8-9H,1,7,10H2,(H,16,20)(H,17,19). The van der Waals surface area contributed by atoms with Gasteiger partial charge in [0, 0.05) is 25.5 Å². The van der Waals surface area contributed by atoms with Gasteiger partial charge in [0.1, 0.15) is 5.82 Å². The summed E-state index contributed by atoms with van der Waals surface area (Å²) in [6, 6.07) is 7.17. The molecular weight excluding hydrogens is 254 g/mol. The van der Waals surface area contributed by atoms with Crippen molar-refractivity contribution < 1.29 is 4.79 Å².